The Morgan fingerprint density at radius 1 is 1.64 bits per heavy atom. The number of carboxylic acids is 1. The molecule has 2 fully saturated rings. The number of fused-ring (bicyclic) bond motifs is 2. The molecule has 78 valence electrons. The van der Waals surface area contributed by atoms with Crippen molar-refractivity contribution in [2.45, 2.75) is 37.9 Å². The summed E-state index contributed by atoms with van der Waals surface area (Å²) in [6.45, 7) is 0. The Hall–Kier alpha value is -0.540. The zero-order valence-corrected chi connectivity index (χ0v) is 8.54. The zero-order valence-electron chi connectivity index (χ0n) is 7.78. The van der Waals surface area contributed by atoms with E-state index in [1.807, 2.05) is 0 Å². The molecule has 0 aromatic carbocycles. The summed E-state index contributed by atoms with van der Waals surface area (Å²) in [5.41, 5.74) is 0.672. The lowest BCUT2D eigenvalue weighted by atomic mass is 9.72. The van der Waals surface area contributed by atoms with Crippen molar-refractivity contribution in [3.05, 3.63) is 11.6 Å². The average Bonchev–Trinajstić information content (AvgIpc) is 2.74. The lowest BCUT2D eigenvalue weighted by Crippen LogP contribution is -2.39. The van der Waals surface area contributed by atoms with Crippen LogP contribution in [0.4, 0.5) is 0 Å². The third kappa shape index (κ3) is 1.35. The summed E-state index contributed by atoms with van der Waals surface area (Å²) in [4.78, 5) is 11.3. The van der Waals surface area contributed by atoms with Crippen LogP contribution in [-0.2, 0) is 9.53 Å². The van der Waals surface area contributed by atoms with Gasteiger partial charge in [-0.15, -0.1) is 0 Å². The second kappa shape index (κ2) is 3.55. The van der Waals surface area contributed by atoms with Gasteiger partial charge in [0.1, 0.15) is 0 Å². The van der Waals surface area contributed by atoms with Gasteiger partial charge in [-0.2, -0.15) is 0 Å². The molecule has 4 heteroatoms. The van der Waals surface area contributed by atoms with E-state index in [1.165, 1.54) is 5.54 Å². The molecule has 0 spiro atoms. The van der Waals surface area contributed by atoms with Gasteiger partial charge in [0, 0.05) is 5.54 Å². The quantitative estimate of drug-likeness (QED) is 0.787. The molecular formula is C10H13ClO3. The molecule has 2 bridgehead atoms. The summed E-state index contributed by atoms with van der Waals surface area (Å²) in [6, 6.07) is 0. The molecule has 2 saturated heterocycles. The number of allylic oxidation sites excluding steroid dienone is 1. The second-order valence-electron chi connectivity index (χ2n) is 4.06. The van der Waals surface area contributed by atoms with Gasteiger partial charge in [-0.3, -0.25) is 4.79 Å². The topological polar surface area (TPSA) is 46.5 Å². The van der Waals surface area contributed by atoms with E-state index in [4.69, 9.17) is 16.3 Å². The molecule has 2 rings (SSSR count). The summed E-state index contributed by atoms with van der Waals surface area (Å²) >= 11 is 5.43. The van der Waals surface area contributed by atoms with Crippen molar-refractivity contribution < 1.29 is 14.6 Å². The highest BCUT2D eigenvalue weighted by molar-refractivity contribution is 6.25. The van der Waals surface area contributed by atoms with Crippen LogP contribution in [-0.4, -0.2) is 23.3 Å². The van der Waals surface area contributed by atoms with Gasteiger partial charge >= 0.3 is 5.97 Å². The van der Waals surface area contributed by atoms with Crippen LogP contribution in [0.25, 0.3) is 0 Å². The number of ether oxygens (including phenoxy) is 1. The lowest BCUT2D eigenvalue weighted by molar-refractivity contribution is -0.152. The van der Waals surface area contributed by atoms with E-state index >= 15 is 0 Å². The third-order valence-electron chi connectivity index (χ3n) is 3.31. The summed E-state index contributed by atoms with van der Waals surface area (Å²) < 4.78 is 5.59. The monoisotopic (exact) mass is 216 g/mol. The van der Waals surface area contributed by atoms with E-state index in [0.717, 1.165) is 12.8 Å². The number of hydrogen-bond donors (Lipinski definition) is 1. The highest BCUT2D eigenvalue weighted by Crippen LogP contribution is 2.50. The van der Waals surface area contributed by atoms with Gasteiger partial charge in [-0.1, -0.05) is 17.7 Å². The molecular weight excluding hydrogens is 204 g/mol. The number of aliphatic carboxylic acids is 1. The number of rotatable bonds is 3. The van der Waals surface area contributed by atoms with Crippen molar-refractivity contribution in [2.75, 3.05) is 0 Å². The highest BCUT2D eigenvalue weighted by atomic mass is 35.5. The maximum atomic E-state index is 11.3. The molecule has 3 nitrogen and oxygen atoms in total. The number of carbonyl (C=O) groups is 1. The van der Waals surface area contributed by atoms with Crippen LogP contribution in [0.1, 0.15) is 25.7 Å². The lowest BCUT2D eigenvalue weighted by Gasteiger charge is -2.29. The molecule has 1 N–H and O–H groups in total. The van der Waals surface area contributed by atoms with Gasteiger partial charge in [0.2, 0.25) is 0 Å². The van der Waals surface area contributed by atoms with Crippen LogP contribution < -0.4 is 0 Å². The summed E-state index contributed by atoms with van der Waals surface area (Å²) in [7, 11) is 0. The highest BCUT2D eigenvalue weighted by Gasteiger charge is 2.56. The molecule has 2 aliphatic heterocycles. The van der Waals surface area contributed by atoms with E-state index in [0.29, 0.717) is 12.8 Å². The fourth-order valence-electron chi connectivity index (χ4n) is 2.58. The minimum atomic E-state index is -0.750. The van der Waals surface area contributed by atoms with Gasteiger partial charge in [0.05, 0.1) is 17.6 Å². The Morgan fingerprint density at radius 3 is 2.86 bits per heavy atom. The van der Waals surface area contributed by atoms with Crippen LogP contribution in [0.3, 0.4) is 0 Å². The van der Waals surface area contributed by atoms with Crippen LogP contribution in [0, 0.1) is 5.41 Å². The Kier molecular flexibility index (Phi) is 2.54. The zero-order chi connectivity index (χ0) is 10.2. The molecule has 3 unspecified atom stereocenters. The Bertz CT molecular complexity index is 277. The molecule has 0 aromatic heterocycles. The fourth-order valence-corrected chi connectivity index (χ4v) is 2.67. The maximum Gasteiger partial charge on any atom is 0.312 e. The molecule has 2 heterocycles. The first-order valence-corrected chi connectivity index (χ1v) is 5.27. The van der Waals surface area contributed by atoms with E-state index in [-0.39, 0.29) is 12.2 Å². The van der Waals surface area contributed by atoms with E-state index in [1.54, 1.807) is 6.08 Å². The van der Waals surface area contributed by atoms with Crippen molar-refractivity contribution in [2.24, 2.45) is 5.41 Å². The van der Waals surface area contributed by atoms with Crippen molar-refractivity contribution in [1.29, 1.82) is 0 Å². The largest absolute Gasteiger partial charge is 0.481 e. The standard InChI is InChI=1S/C10H13ClO3/c11-5-1-4-10(9(12)13)6-7-2-3-8(10)14-7/h1,5,7-8H,2-4,6H2,(H,12,13)/b5-1+. The van der Waals surface area contributed by atoms with E-state index in [9.17, 15) is 9.90 Å². The molecule has 3 atom stereocenters. The molecule has 14 heavy (non-hydrogen) atoms. The smallest absolute Gasteiger partial charge is 0.312 e. The number of halogens is 1. The average molecular weight is 217 g/mol. The van der Waals surface area contributed by atoms with Gasteiger partial charge in [0.15, 0.2) is 0 Å². The second-order valence-corrected chi connectivity index (χ2v) is 4.31. The van der Waals surface area contributed by atoms with E-state index < -0.39 is 11.4 Å². The van der Waals surface area contributed by atoms with Gasteiger partial charge in [-0.05, 0) is 25.7 Å². The first-order valence-electron chi connectivity index (χ1n) is 4.83. The Balaban J connectivity index is 2.19. The summed E-state index contributed by atoms with van der Waals surface area (Å²) in [6.07, 6.45) is 4.73. The van der Waals surface area contributed by atoms with Crippen molar-refractivity contribution in [3.63, 3.8) is 0 Å². The molecule has 0 aliphatic carbocycles. The SMILES string of the molecule is O=C(O)C1(C/C=C/Cl)CC2CCC1O2. The van der Waals surface area contributed by atoms with Crippen molar-refractivity contribution in [1.82, 2.24) is 0 Å². The van der Waals surface area contributed by atoms with Gasteiger partial charge in [-0.25, -0.2) is 0 Å². The number of carboxylic acid groups (broad SMARTS) is 1. The predicted octanol–water partition coefficient (Wildman–Crippen LogP) is 2.15. The Labute approximate surface area is 87.7 Å². The van der Waals surface area contributed by atoms with Crippen LogP contribution >= 0.6 is 11.6 Å². The summed E-state index contributed by atoms with van der Waals surface area (Å²) in [5.74, 6) is -0.750. The van der Waals surface area contributed by atoms with Crippen molar-refractivity contribution in [3.8, 4) is 0 Å². The molecule has 0 saturated carbocycles. The molecule has 2 aliphatic rings. The first kappa shape index (κ1) is 9.99. The predicted molar refractivity (Wildman–Crippen MR) is 52.2 cm³/mol. The minimum absolute atomic E-state index is 0.113. The molecule has 0 amide bonds. The first-order chi connectivity index (χ1) is 6.69. The van der Waals surface area contributed by atoms with Crippen LogP contribution in [0.5, 0.6) is 0 Å². The third-order valence-corrected chi connectivity index (χ3v) is 3.49. The van der Waals surface area contributed by atoms with Crippen LogP contribution in [0.15, 0.2) is 11.6 Å². The fraction of sp³-hybridized carbons (Fsp3) is 0.700. The normalized spacial score (nSPS) is 40.9. The molecule has 0 aromatic rings. The maximum absolute atomic E-state index is 11.3. The van der Waals surface area contributed by atoms with Gasteiger partial charge in [0.25, 0.3) is 0 Å². The molecule has 0 radical (unpaired) electrons. The summed E-state index contributed by atoms with van der Waals surface area (Å²) in [5, 5.41) is 9.26. The van der Waals surface area contributed by atoms with Crippen molar-refractivity contribution >= 4 is 17.6 Å². The number of hydrogen-bond acceptors (Lipinski definition) is 2. The minimum Gasteiger partial charge on any atom is -0.481 e. The van der Waals surface area contributed by atoms with Crippen LogP contribution in [0.2, 0.25) is 0 Å². The van der Waals surface area contributed by atoms with Gasteiger partial charge < -0.3 is 9.84 Å². The van der Waals surface area contributed by atoms with E-state index in [2.05, 4.69) is 0 Å². The Morgan fingerprint density at radius 2 is 2.43 bits per heavy atom.